The van der Waals surface area contributed by atoms with Crippen molar-refractivity contribution < 1.29 is 4.79 Å². The monoisotopic (exact) mass is 335 g/mol. The molecule has 1 saturated heterocycles. The second kappa shape index (κ2) is 7.03. The molecule has 0 spiro atoms. The third-order valence-corrected chi connectivity index (χ3v) is 4.76. The number of nitrogens with zero attached hydrogens (tertiary/aromatic N) is 3. The van der Waals surface area contributed by atoms with Gasteiger partial charge in [0.25, 0.3) is 0 Å². The molecule has 1 aliphatic heterocycles. The number of Topliss-reactive ketones (excluding diaryl/α,β-unsaturated/α-hetero) is 1. The van der Waals surface area contributed by atoms with Crippen molar-refractivity contribution in [3.8, 4) is 0 Å². The number of aromatic amines is 1. The Morgan fingerprint density at radius 1 is 1.20 bits per heavy atom. The van der Waals surface area contributed by atoms with Crippen LogP contribution in [0.4, 0.5) is 5.82 Å². The molecule has 0 saturated carbocycles. The largest absolute Gasteiger partial charge is 0.367 e. The van der Waals surface area contributed by atoms with Crippen LogP contribution in [0.2, 0.25) is 0 Å². The van der Waals surface area contributed by atoms with Gasteiger partial charge in [0, 0.05) is 30.9 Å². The molecule has 0 radical (unpaired) electrons. The number of rotatable bonds is 5. The third-order valence-electron chi connectivity index (χ3n) is 4.76. The number of carbonyl (C=O) groups excluding carboxylic acids is 1. The number of H-pyrrole nitrogens is 1. The number of carbonyl (C=O) groups is 1. The van der Waals surface area contributed by atoms with Crippen LogP contribution < -0.4 is 5.32 Å². The number of anilines is 1. The summed E-state index contributed by atoms with van der Waals surface area (Å²) in [7, 11) is 0. The number of fused-ring (bicyclic) bond motifs is 1. The Morgan fingerprint density at radius 3 is 2.80 bits per heavy atom. The standard InChI is InChI=1S/C19H21N5O/c25-18(14-4-2-1-3-5-14)13-24-10-7-15(8-11-24)22-19-16-12-21-23-17(16)6-9-20-19/h1-6,9,12,15H,7-8,10-11,13H2,(H,20,22)(H,21,23). The first-order valence-corrected chi connectivity index (χ1v) is 8.65. The van der Waals surface area contributed by atoms with Crippen molar-refractivity contribution in [3.05, 3.63) is 54.4 Å². The van der Waals surface area contributed by atoms with E-state index in [0.29, 0.717) is 12.6 Å². The van der Waals surface area contributed by atoms with Gasteiger partial charge in [0.05, 0.1) is 23.6 Å². The Labute approximate surface area is 146 Å². The molecule has 0 bridgehead atoms. The van der Waals surface area contributed by atoms with E-state index in [1.54, 1.807) is 12.4 Å². The molecule has 2 aromatic heterocycles. The lowest BCUT2D eigenvalue weighted by molar-refractivity contribution is 0.0912. The van der Waals surface area contributed by atoms with Crippen molar-refractivity contribution in [2.45, 2.75) is 18.9 Å². The van der Waals surface area contributed by atoms with Crippen LogP contribution in [-0.2, 0) is 0 Å². The summed E-state index contributed by atoms with van der Waals surface area (Å²) in [6.45, 7) is 2.32. The van der Waals surface area contributed by atoms with Crippen LogP contribution in [-0.4, -0.2) is 51.5 Å². The van der Waals surface area contributed by atoms with Crippen molar-refractivity contribution >= 4 is 22.5 Å². The molecule has 0 unspecified atom stereocenters. The summed E-state index contributed by atoms with van der Waals surface area (Å²) in [5.41, 5.74) is 1.78. The summed E-state index contributed by atoms with van der Waals surface area (Å²) in [5, 5.41) is 11.6. The summed E-state index contributed by atoms with van der Waals surface area (Å²) < 4.78 is 0. The first kappa shape index (κ1) is 15.8. The highest BCUT2D eigenvalue weighted by Gasteiger charge is 2.22. The molecule has 1 fully saturated rings. The first-order valence-electron chi connectivity index (χ1n) is 8.65. The van der Waals surface area contributed by atoms with Gasteiger partial charge in [0.1, 0.15) is 5.82 Å². The lowest BCUT2D eigenvalue weighted by Gasteiger charge is -2.32. The highest BCUT2D eigenvalue weighted by atomic mass is 16.1. The second-order valence-electron chi connectivity index (χ2n) is 6.47. The zero-order valence-electron chi connectivity index (χ0n) is 14.0. The van der Waals surface area contributed by atoms with E-state index in [1.807, 2.05) is 36.4 Å². The van der Waals surface area contributed by atoms with Crippen molar-refractivity contribution in [1.82, 2.24) is 20.1 Å². The Bertz CT molecular complexity index is 852. The average molecular weight is 335 g/mol. The number of ketones is 1. The molecule has 25 heavy (non-hydrogen) atoms. The molecule has 3 heterocycles. The number of hydrogen-bond donors (Lipinski definition) is 2. The fraction of sp³-hybridized carbons (Fsp3) is 0.316. The van der Waals surface area contributed by atoms with Crippen LogP contribution in [0.15, 0.2) is 48.8 Å². The second-order valence-corrected chi connectivity index (χ2v) is 6.47. The van der Waals surface area contributed by atoms with Crippen LogP contribution in [0.3, 0.4) is 0 Å². The number of likely N-dealkylation sites (tertiary alicyclic amines) is 1. The number of pyridine rings is 1. The van der Waals surface area contributed by atoms with Crippen LogP contribution >= 0.6 is 0 Å². The lowest BCUT2D eigenvalue weighted by Crippen LogP contribution is -2.41. The minimum absolute atomic E-state index is 0.192. The van der Waals surface area contributed by atoms with Crippen LogP contribution in [0, 0.1) is 0 Å². The van der Waals surface area contributed by atoms with Crippen molar-refractivity contribution in [2.24, 2.45) is 0 Å². The van der Waals surface area contributed by atoms with E-state index >= 15 is 0 Å². The minimum atomic E-state index is 0.192. The summed E-state index contributed by atoms with van der Waals surface area (Å²) in [6, 6.07) is 11.8. The maximum Gasteiger partial charge on any atom is 0.176 e. The zero-order chi connectivity index (χ0) is 17.1. The average Bonchev–Trinajstić information content (AvgIpc) is 3.14. The molecule has 6 heteroatoms. The summed E-state index contributed by atoms with van der Waals surface area (Å²) in [6.07, 6.45) is 5.59. The van der Waals surface area contributed by atoms with E-state index in [0.717, 1.165) is 48.2 Å². The molecule has 0 atom stereocenters. The van der Waals surface area contributed by atoms with E-state index in [-0.39, 0.29) is 5.78 Å². The SMILES string of the molecule is O=C(CN1CCC(Nc2nccc3[nH]ncc23)CC1)c1ccccc1. The first-order chi connectivity index (χ1) is 12.3. The van der Waals surface area contributed by atoms with Gasteiger partial charge < -0.3 is 5.32 Å². The minimum Gasteiger partial charge on any atom is -0.367 e. The molecule has 6 nitrogen and oxygen atoms in total. The fourth-order valence-electron chi connectivity index (χ4n) is 3.33. The fourth-order valence-corrected chi connectivity index (χ4v) is 3.33. The van der Waals surface area contributed by atoms with Gasteiger partial charge in [-0.05, 0) is 18.9 Å². The van der Waals surface area contributed by atoms with Gasteiger partial charge in [0.2, 0.25) is 0 Å². The van der Waals surface area contributed by atoms with Gasteiger partial charge in [-0.25, -0.2) is 4.98 Å². The van der Waals surface area contributed by atoms with Crippen LogP contribution in [0.5, 0.6) is 0 Å². The predicted octanol–water partition coefficient (Wildman–Crippen LogP) is 2.72. The highest BCUT2D eigenvalue weighted by Crippen LogP contribution is 2.22. The number of piperidine rings is 1. The molecule has 1 aliphatic rings. The number of hydrogen-bond acceptors (Lipinski definition) is 5. The quantitative estimate of drug-likeness (QED) is 0.701. The van der Waals surface area contributed by atoms with Gasteiger partial charge in [0.15, 0.2) is 5.78 Å². The summed E-state index contributed by atoms with van der Waals surface area (Å²) in [5.74, 6) is 1.07. The zero-order valence-corrected chi connectivity index (χ0v) is 14.0. The Balaban J connectivity index is 1.33. The van der Waals surface area contributed by atoms with Gasteiger partial charge in [-0.2, -0.15) is 5.10 Å². The molecule has 3 aromatic rings. The van der Waals surface area contributed by atoms with E-state index in [9.17, 15) is 4.79 Å². The van der Waals surface area contributed by atoms with Gasteiger partial charge in [-0.15, -0.1) is 0 Å². The molecule has 2 N–H and O–H groups in total. The Hall–Kier alpha value is -2.73. The third kappa shape index (κ3) is 3.53. The molecule has 0 aliphatic carbocycles. The maximum atomic E-state index is 12.3. The summed E-state index contributed by atoms with van der Waals surface area (Å²) >= 11 is 0. The Morgan fingerprint density at radius 2 is 2.00 bits per heavy atom. The van der Waals surface area contributed by atoms with Crippen molar-refractivity contribution in [1.29, 1.82) is 0 Å². The molecule has 4 rings (SSSR count). The van der Waals surface area contributed by atoms with Gasteiger partial charge in [-0.3, -0.25) is 14.8 Å². The van der Waals surface area contributed by atoms with Gasteiger partial charge in [-0.1, -0.05) is 30.3 Å². The van der Waals surface area contributed by atoms with E-state index in [2.05, 4.69) is 25.4 Å². The maximum absolute atomic E-state index is 12.3. The topological polar surface area (TPSA) is 73.9 Å². The lowest BCUT2D eigenvalue weighted by atomic mass is 10.0. The normalized spacial score (nSPS) is 16.2. The van der Waals surface area contributed by atoms with Crippen molar-refractivity contribution in [3.63, 3.8) is 0 Å². The number of nitrogens with one attached hydrogen (secondary N) is 2. The molecule has 0 amide bonds. The van der Waals surface area contributed by atoms with Crippen LogP contribution in [0.1, 0.15) is 23.2 Å². The molecular formula is C19H21N5O. The Kier molecular flexibility index (Phi) is 4.43. The van der Waals surface area contributed by atoms with E-state index in [1.165, 1.54) is 0 Å². The van der Waals surface area contributed by atoms with Crippen molar-refractivity contribution in [2.75, 3.05) is 25.0 Å². The number of benzene rings is 1. The smallest absolute Gasteiger partial charge is 0.176 e. The predicted molar refractivity (Wildman–Crippen MR) is 97.7 cm³/mol. The summed E-state index contributed by atoms with van der Waals surface area (Å²) in [4.78, 5) is 19.0. The molecule has 1 aromatic carbocycles. The highest BCUT2D eigenvalue weighted by molar-refractivity contribution is 5.97. The number of aromatic nitrogens is 3. The van der Waals surface area contributed by atoms with E-state index < -0.39 is 0 Å². The van der Waals surface area contributed by atoms with E-state index in [4.69, 9.17) is 0 Å². The molecule has 128 valence electrons. The molecular weight excluding hydrogens is 314 g/mol. The van der Waals surface area contributed by atoms with Gasteiger partial charge >= 0.3 is 0 Å². The van der Waals surface area contributed by atoms with Crippen LogP contribution in [0.25, 0.3) is 10.9 Å².